The van der Waals surface area contributed by atoms with Gasteiger partial charge in [-0.2, -0.15) is 0 Å². The van der Waals surface area contributed by atoms with Gasteiger partial charge in [0.1, 0.15) is 17.4 Å². The highest BCUT2D eigenvalue weighted by Gasteiger charge is 2.78. The lowest BCUT2D eigenvalue weighted by Crippen LogP contribution is -2.57. The van der Waals surface area contributed by atoms with Gasteiger partial charge >= 0.3 is 0 Å². The third-order valence-corrected chi connectivity index (χ3v) is 9.44. The molecule has 0 saturated carbocycles. The van der Waals surface area contributed by atoms with Gasteiger partial charge in [0.05, 0.1) is 30.7 Å². The van der Waals surface area contributed by atoms with Gasteiger partial charge in [0.2, 0.25) is 11.8 Å². The van der Waals surface area contributed by atoms with Crippen LogP contribution in [0.25, 0.3) is 0 Å². The van der Waals surface area contributed by atoms with E-state index in [0.29, 0.717) is 30.9 Å². The van der Waals surface area contributed by atoms with Crippen molar-refractivity contribution in [2.24, 2.45) is 11.8 Å². The highest BCUT2D eigenvalue weighted by Crippen LogP contribution is 2.63. The summed E-state index contributed by atoms with van der Waals surface area (Å²) in [5, 5.41) is 10.0. The van der Waals surface area contributed by atoms with E-state index >= 15 is 0 Å². The SMILES string of the molecule is C=CCN(C(=O)[C@H]1[C@H]2C(=O)N(CCO)C(C(=O)N(CC=C)c3c(C)cccc3C)C23CC[C@]1(C)O3)c1ccc(OCC)cc1. The third kappa shape index (κ3) is 4.92. The van der Waals surface area contributed by atoms with Crippen LogP contribution in [0.15, 0.2) is 67.8 Å². The topological polar surface area (TPSA) is 99.6 Å². The number of likely N-dealkylation sites (tertiary alicyclic amines) is 1. The van der Waals surface area contributed by atoms with E-state index in [-0.39, 0.29) is 44.0 Å². The first kappa shape index (κ1) is 31.5. The molecule has 3 saturated heterocycles. The number of benzene rings is 2. The van der Waals surface area contributed by atoms with Crippen LogP contribution in [-0.2, 0) is 19.1 Å². The fourth-order valence-corrected chi connectivity index (χ4v) is 7.74. The zero-order valence-corrected chi connectivity index (χ0v) is 26.1. The number of amides is 3. The summed E-state index contributed by atoms with van der Waals surface area (Å²) in [6.45, 7) is 16.1. The minimum absolute atomic E-state index is 0.0432. The van der Waals surface area contributed by atoms with E-state index in [1.807, 2.05) is 70.2 Å². The average molecular weight is 602 g/mol. The number of rotatable bonds is 12. The maximum Gasteiger partial charge on any atom is 0.253 e. The minimum atomic E-state index is -1.22. The number of carbonyl (C=O) groups is 3. The summed E-state index contributed by atoms with van der Waals surface area (Å²) in [5.74, 6) is -1.93. The lowest BCUT2D eigenvalue weighted by atomic mass is 9.66. The summed E-state index contributed by atoms with van der Waals surface area (Å²) in [7, 11) is 0. The molecular formula is C35H43N3O6. The van der Waals surface area contributed by atoms with Crippen molar-refractivity contribution < 1.29 is 29.0 Å². The van der Waals surface area contributed by atoms with E-state index in [0.717, 1.165) is 16.8 Å². The molecule has 5 rings (SSSR count). The second-order valence-electron chi connectivity index (χ2n) is 12.1. The van der Waals surface area contributed by atoms with Crippen molar-refractivity contribution in [3.05, 3.63) is 78.9 Å². The van der Waals surface area contributed by atoms with E-state index in [1.165, 1.54) is 4.90 Å². The highest BCUT2D eigenvalue weighted by molar-refractivity contribution is 6.07. The molecule has 1 N–H and O–H groups in total. The molecule has 5 atom stereocenters. The van der Waals surface area contributed by atoms with Crippen LogP contribution in [0.3, 0.4) is 0 Å². The van der Waals surface area contributed by atoms with Gasteiger partial charge in [-0.15, -0.1) is 13.2 Å². The van der Waals surface area contributed by atoms with Crippen molar-refractivity contribution in [3.8, 4) is 5.75 Å². The van der Waals surface area contributed by atoms with Gasteiger partial charge in [-0.25, -0.2) is 0 Å². The largest absolute Gasteiger partial charge is 0.494 e. The summed E-state index contributed by atoms with van der Waals surface area (Å²) in [6, 6.07) is 12.1. The van der Waals surface area contributed by atoms with Crippen molar-refractivity contribution in [1.29, 1.82) is 0 Å². The summed E-state index contributed by atoms with van der Waals surface area (Å²) in [6.07, 6.45) is 4.27. The van der Waals surface area contributed by atoms with E-state index in [2.05, 4.69) is 13.2 Å². The number of nitrogens with zero attached hydrogens (tertiary/aromatic N) is 3. The van der Waals surface area contributed by atoms with Crippen LogP contribution in [-0.4, -0.2) is 77.8 Å². The second-order valence-corrected chi connectivity index (χ2v) is 12.1. The van der Waals surface area contributed by atoms with Gasteiger partial charge in [-0.3, -0.25) is 14.4 Å². The van der Waals surface area contributed by atoms with Crippen molar-refractivity contribution in [2.45, 2.75) is 57.8 Å². The fourth-order valence-electron chi connectivity index (χ4n) is 7.74. The lowest BCUT2D eigenvalue weighted by Gasteiger charge is -2.37. The molecule has 3 aliphatic heterocycles. The number of anilines is 2. The Labute approximate surface area is 259 Å². The van der Waals surface area contributed by atoms with Crippen molar-refractivity contribution in [2.75, 3.05) is 42.6 Å². The number of aliphatic hydroxyl groups is 1. The first-order valence-corrected chi connectivity index (χ1v) is 15.3. The zero-order valence-electron chi connectivity index (χ0n) is 26.1. The maximum atomic E-state index is 14.7. The molecule has 2 aromatic rings. The number of hydrogen-bond donors (Lipinski definition) is 1. The standard InChI is InChI=1S/C35H43N3O6/c1-7-19-36(25-13-15-26(16-14-25)43-9-3)31(40)27-28-32(41)38(21-22-39)30(35(28)18-17-34(27,6)44-35)33(42)37(20-8-2)29-23(4)11-10-12-24(29)5/h7-8,10-16,27-28,30,39H,1-2,9,17-22H2,3-6H3/t27-,28+,30?,34+,35?/m1/s1. The van der Waals surface area contributed by atoms with Gasteiger partial charge in [0, 0.05) is 31.0 Å². The predicted molar refractivity (Wildman–Crippen MR) is 170 cm³/mol. The first-order valence-electron chi connectivity index (χ1n) is 15.3. The van der Waals surface area contributed by atoms with Gasteiger partial charge in [0.15, 0.2) is 0 Å². The number of ether oxygens (including phenoxy) is 2. The number of para-hydroxylation sites is 1. The number of β-amino-alcohol motifs (C(OH)–C–C–N with tert-alkyl or cyclic N) is 1. The molecule has 3 aliphatic rings. The Balaban J connectivity index is 1.57. The van der Waals surface area contributed by atoms with Crippen LogP contribution in [0.4, 0.5) is 11.4 Å². The summed E-state index contributed by atoms with van der Waals surface area (Å²) >= 11 is 0. The molecule has 3 heterocycles. The van der Waals surface area contributed by atoms with Gasteiger partial charge in [-0.05, 0) is 75.9 Å². The molecule has 2 unspecified atom stereocenters. The van der Waals surface area contributed by atoms with E-state index in [1.54, 1.807) is 22.0 Å². The van der Waals surface area contributed by atoms with Crippen LogP contribution in [0.2, 0.25) is 0 Å². The minimum Gasteiger partial charge on any atom is -0.494 e. The molecule has 1 spiro atoms. The second kappa shape index (κ2) is 12.2. The van der Waals surface area contributed by atoms with Crippen LogP contribution >= 0.6 is 0 Å². The molecule has 0 radical (unpaired) electrons. The van der Waals surface area contributed by atoms with Crippen molar-refractivity contribution >= 4 is 29.1 Å². The molecule has 2 bridgehead atoms. The van der Waals surface area contributed by atoms with Gasteiger partial charge in [0.25, 0.3) is 5.91 Å². The molecule has 9 nitrogen and oxygen atoms in total. The Morgan fingerprint density at radius 3 is 2.27 bits per heavy atom. The monoisotopic (exact) mass is 601 g/mol. The molecule has 234 valence electrons. The molecule has 0 aliphatic carbocycles. The van der Waals surface area contributed by atoms with Crippen LogP contribution < -0.4 is 14.5 Å². The normalized spacial score (nSPS) is 26.8. The van der Waals surface area contributed by atoms with E-state index < -0.39 is 29.1 Å². The average Bonchev–Trinajstić information content (AvgIpc) is 3.56. The molecule has 2 aromatic carbocycles. The highest BCUT2D eigenvalue weighted by atomic mass is 16.5. The Kier molecular flexibility index (Phi) is 8.73. The summed E-state index contributed by atoms with van der Waals surface area (Å²) < 4.78 is 12.4. The Morgan fingerprint density at radius 2 is 1.68 bits per heavy atom. The van der Waals surface area contributed by atoms with Crippen molar-refractivity contribution in [1.82, 2.24) is 4.90 Å². The quantitative estimate of drug-likeness (QED) is 0.366. The van der Waals surface area contributed by atoms with E-state index in [9.17, 15) is 19.5 Å². The van der Waals surface area contributed by atoms with Crippen LogP contribution in [0.5, 0.6) is 5.75 Å². The Morgan fingerprint density at radius 1 is 1.05 bits per heavy atom. The Bertz CT molecular complexity index is 1440. The summed E-state index contributed by atoms with van der Waals surface area (Å²) in [4.78, 5) is 48.4. The zero-order chi connectivity index (χ0) is 31.8. The molecular weight excluding hydrogens is 558 g/mol. The number of fused-ring (bicyclic) bond motifs is 1. The lowest BCUT2D eigenvalue weighted by molar-refractivity contribution is -0.145. The molecule has 44 heavy (non-hydrogen) atoms. The number of hydrogen-bond acceptors (Lipinski definition) is 6. The molecule has 9 heteroatoms. The predicted octanol–water partition coefficient (Wildman–Crippen LogP) is 4.20. The van der Waals surface area contributed by atoms with Gasteiger partial charge < -0.3 is 29.3 Å². The number of aliphatic hydroxyl groups excluding tert-OH is 1. The third-order valence-electron chi connectivity index (χ3n) is 9.44. The van der Waals surface area contributed by atoms with Crippen molar-refractivity contribution in [3.63, 3.8) is 0 Å². The first-order chi connectivity index (χ1) is 21.1. The smallest absolute Gasteiger partial charge is 0.253 e. The van der Waals surface area contributed by atoms with Crippen LogP contribution in [0, 0.1) is 25.7 Å². The molecule has 3 amide bonds. The van der Waals surface area contributed by atoms with E-state index in [4.69, 9.17) is 9.47 Å². The van der Waals surface area contributed by atoms with Gasteiger partial charge in [-0.1, -0.05) is 30.4 Å². The molecule has 3 fully saturated rings. The summed E-state index contributed by atoms with van der Waals surface area (Å²) in [5.41, 5.74) is 1.07. The Hall–Kier alpha value is -3.95. The fraction of sp³-hybridized carbons (Fsp3) is 0.457. The number of carbonyl (C=O) groups excluding carboxylic acids is 3. The number of aryl methyl sites for hydroxylation is 2. The maximum absolute atomic E-state index is 14.7. The van der Waals surface area contributed by atoms with Crippen LogP contribution in [0.1, 0.15) is 37.8 Å². The molecule has 0 aromatic heterocycles.